The van der Waals surface area contributed by atoms with E-state index < -0.39 is 8.24 Å². The molecule has 0 N–H and O–H groups in total. The predicted octanol–water partition coefficient (Wildman–Crippen LogP) is 4.52. The maximum absolute atomic E-state index is 2.82. The Morgan fingerprint density at radius 3 is 2.26 bits per heavy atom. The summed E-state index contributed by atoms with van der Waals surface area (Å²) in [5.74, 6) is 0. The van der Waals surface area contributed by atoms with E-state index in [0.29, 0.717) is 6.85 Å². The summed E-state index contributed by atoms with van der Waals surface area (Å²) in [4.78, 5) is 0. The van der Waals surface area contributed by atoms with Crippen LogP contribution < -0.4 is 0 Å². The van der Waals surface area contributed by atoms with E-state index in [4.69, 9.17) is 0 Å². The van der Waals surface area contributed by atoms with Crippen LogP contribution in [0.3, 0.4) is 0 Å². The summed E-state index contributed by atoms with van der Waals surface area (Å²) in [5.41, 5.74) is 3.17. The van der Waals surface area contributed by atoms with E-state index in [-0.39, 0.29) is 0 Å². The van der Waals surface area contributed by atoms with Gasteiger partial charge in [0.15, 0.2) is 0 Å². The molecule has 0 fully saturated rings. The van der Waals surface area contributed by atoms with E-state index in [9.17, 15) is 0 Å². The number of hydrogen-bond donors (Lipinski definition) is 0. The number of allylic oxidation sites excluding steroid dienone is 2. The highest BCUT2D eigenvalue weighted by Gasteiger charge is 2.45. The molecule has 1 nitrogen and oxygen atoms in total. The van der Waals surface area contributed by atoms with Gasteiger partial charge in [-0.1, -0.05) is 74.3 Å². The van der Waals surface area contributed by atoms with E-state index >= 15 is 0 Å². The third-order valence-electron chi connectivity index (χ3n) is 4.86. The summed E-state index contributed by atoms with van der Waals surface area (Å²) in [6.45, 7) is 13.8. The quantitative estimate of drug-likeness (QED) is 0.727. The van der Waals surface area contributed by atoms with Crippen molar-refractivity contribution >= 4 is 15.1 Å². The molecule has 0 unspecified atom stereocenters. The van der Waals surface area contributed by atoms with Crippen LogP contribution in [0.5, 0.6) is 0 Å². The minimum atomic E-state index is -1.41. The predicted molar refractivity (Wildman–Crippen MR) is 88.7 cm³/mol. The Kier molecular flexibility index (Phi) is 4.36. The fourth-order valence-corrected chi connectivity index (χ4v) is 6.75. The zero-order chi connectivity index (χ0) is 14.0. The van der Waals surface area contributed by atoms with Crippen molar-refractivity contribution in [2.45, 2.75) is 53.2 Å². The first-order valence-corrected chi connectivity index (χ1v) is 10.5. The van der Waals surface area contributed by atoms with Crippen LogP contribution >= 0.6 is 0 Å². The molecule has 0 atom stereocenters. The van der Waals surface area contributed by atoms with Gasteiger partial charge in [-0.25, -0.2) is 0 Å². The normalized spacial score (nSPS) is 19.3. The second-order valence-electron chi connectivity index (χ2n) is 6.10. The number of nitrogens with zero attached hydrogens (tertiary/aromatic N) is 1. The summed E-state index contributed by atoms with van der Waals surface area (Å²) in [6, 6.07) is 10.9. The van der Waals surface area contributed by atoms with Crippen molar-refractivity contribution in [3.8, 4) is 0 Å². The van der Waals surface area contributed by atoms with E-state index in [1.165, 1.54) is 18.3 Å². The van der Waals surface area contributed by atoms with Crippen LogP contribution in [0.25, 0.3) is 0 Å². The summed E-state index contributed by atoms with van der Waals surface area (Å²) in [5, 5.41) is 1.72. The third-order valence-corrected chi connectivity index (χ3v) is 8.92. The van der Waals surface area contributed by atoms with Crippen molar-refractivity contribution < 1.29 is 0 Å². The first-order chi connectivity index (χ1) is 9.02. The molecular weight excluding hydrogens is 245 g/mol. The smallest absolute Gasteiger partial charge is 0.246 e. The molecule has 19 heavy (non-hydrogen) atoms. The zero-order valence-corrected chi connectivity index (χ0v) is 14.0. The van der Waals surface area contributed by atoms with Gasteiger partial charge in [-0.2, -0.15) is 0 Å². The SMILES string of the molecule is CCB1C(CC)=C(C)[Si](C)(C)N1Cc1ccccc1. The summed E-state index contributed by atoms with van der Waals surface area (Å²) < 4.78 is 2.82. The Bertz CT molecular complexity index is 467. The van der Waals surface area contributed by atoms with E-state index in [1.54, 1.807) is 10.7 Å². The summed E-state index contributed by atoms with van der Waals surface area (Å²) in [7, 11) is -1.41. The molecule has 1 aliphatic heterocycles. The molecule has 0 radical (unpaired) electrons. The lowest BCUT2D eigenvalue weighted by Crippen LogP contribution is -2.51. The van der Waals surface area contributed by atoms with Crippen molar-refractivity contribution in [3.05, 3.63) is 46.6 Å². The van der Waals surface area contributed by atoms with Gasteiger partial charge in [0, 0.05) is 6.54 Å². The number of hydrogen-bond acceptors (Lipinski definition) is 1. The van der Waals surface area contributed by atoms with Crippen LogP contribution in [0.2, 0.25) is 19.4 Å². The molecule has 102 valence electrons. The lowest BCUT2D eigenvalue weighted by molar-refractivity contribution is 0.634. The molecule has 3 heteroatoms. The van der Waals surface area contributed by atoms with Gasteiger partial charge in [0.25, 0.3) is 0 Å². The van der Waals surface area contributed by atoms with Gasteiger partial charge < -0.3 is 4.48 Å². The highest BCUT2D eigenvalue weighted by atomic mass is 28.3. The first-order valence-electron chi connectivity index (χ1n) is 7.53. The highest BCUT2D eigenvalue weighted by molar-refractivity contribution is 6.95. The minimum absolute atomic E-state index is 0.673. The first kappa shape index (κ1) is 14.6. The molecule has 0 aromatic heterocycles. The van der Waals surface area contributed by atoms with Crippen molar-refractivity contribution in [2.75, 3.05) is 0 Å². The van der Waals surface area contributed by atoms with Gasteiger partial charge in [-0.3, -0.25) is 0 Å². The molecule has 0 saturated heterocycles. The lowest BCUT2D eigenvalue weighted by Gasteiger charge is -2.35. The Labute approximate surface area is 119 Å². The molecular formula is C16H26BNSi. The Balaban J connectivity index is 2.30. The van der Waals surface area contributed by atoms with Gasteiger partial charge in [-0.15, -0.1) is 0 Å². The molecule has 0 amide bonds. The number of benzene rings is 1. The average Bonchev–Trinajstić information content (AvgIpc) is 2.60. The standard InChI is InChI=1S/C16H26BNSi/c1-6-16-14(3)19(4,5)18(17(16)7-2)13-15-11-9-8-10-12-15/h8-12H,6-7,13H2,1-5H3. The molecule has 1 aromatic rings. The Hall–Kier alpha value is -0.798. The van der Waals surface area contributed by atoms with E-state index in [1.807, 2.05) is 0 Å². The highest BCUT2D eigenvalue weighted by Crippen LogP contribution is 2.37. The second-order valence-corrected chi connectivity index (χ2v) is 10.5. The fourth-order valence-electron chi connectivity index (χ4n) is 3.49. The van der Waals surface area contributed by atoms with E-state index in [0.717, 1.165) is 6.54 Å². The van der Waals surface area contributed by atoms with Crippen molar-refractivity contribution in [1.82, 2.24) is 4.48 Å². The molecule has 0 bridgehead atoms. The zero-order valence-electron chi connectivity index (χ0n) is 13.0. The molecule has 1 heterocycles. The van der Waals surface area contributed by atoms with E-state index in [2.05, 4.69) is 68.7 Å². The number of rotatable bonds is 4. The van der Waals surface area contributed by atoms with Gasteiger partial charge >= 0.3 is 0 Å². The maximum Gasteiger partial charge on any atom is 0.246 e. The third kappa shape index (κ3) is 2.59. The van der Waals surface area contributed by atoms with Crippen LogP contribution in [-0.2, 0) is 6.54 Å². The van der Waals surface area contributed by atoms with Crippen molar-refractivity contribution in [1.29, 1.82) is 0 Å². The lowest BCUT2D eigenvalue weighted by atomic mass is 9.52. The van der Waals surface area contributed by atoms with Crippen LogP contribution in [0.15, 0.2) is 41.0 Å². The van der Waals surface area contributed by atoms with Gasteiger partial charge in [0.2, 0.25) is 6.85 Å². The van der Waals surface area contributed by atoms with Crippen molar-refractivity contribution in [3.63, 3.8) is 0 Å². The minimum Gasteiger partial charge on any atom is -0.354 e. The fraction of sp³-hybridized carbons (Fsp3) is 0.500. The maximum atomic E-state index is 2.82. The monoisotopic (exact) mass is 271 g/mol. The van der Waals surface area contributed by atoms with Gasteiger partial charge in [-0.05, 0) is 18.9 Å². The van der Waals surface area contributed by atoms with Crippen LogP contribution in [-0.4, -0.2) is 19.6 Å². The molecule has 0 spiro atoms. The van der Waals surface area contributed by atoms with Crippen LogP contribution in [0, 0.1) is 0 Å². The van der Waals surface area contributed by atoms with Crippen LogP contribution in [0.1, 0.15) is 32.8 Å². The average molecular weight is 271 g/mol. The topological polar surface area (TPSA) is 3.24 Å². The molecule has 1 aromatic carbocycles. The molecule has 0 aliphatic carbocycles. The molecule has 2 rings (SSSR count). The summed E-state index contributed by atoms with van der Waals surface area (Å²) in [6.07, 6.45) is 2.45. The molecule has 0 saturated carbocycles. The van der Waals surface area contributed by atoms with Crippen LogP contribution in [0.4, 0.5) is 0 Å². The summed E-state index contributed by atoms with van der Waals surface area (Å²) >= 11 is 0. The van der Waals surface area contributed by atoms with Gasteiger partial charge in [0.1, 0.15) is 8.24 Å². The Morgan fingerprint density at radius 1 is 1.11 bits per heavy atom. The Morgan fingerprint density at radius 2 is 1.74 bits per heavy atom. The largest absolute Gasteiger partial charge is 0.354 e. The van der Waals surface area contributed by atoms with Crippen molar-refractivity contribution in [2.24, 2.45) is 0 Å². The van der Waals surface area contributed by atoms with Gasteiger partial charge in [0.05, 0.1) is 0 Å². The molecule has 1 aliphatic rings. The second kappa shape index (κ2) is 5.68.